The Morgan fingerprint density at radius 1 is 1.50 bits per heavy atom. The van der Waals surface area contributed by atoms with Gasteiger partial charge in [-0.05, 0) is 31.5 Å². The molecule has 0 bridgehead atoms. The van der Waals surface area contributed by atoms with Crippen molar-refractivity contribution in [2.75, 3.05) is 6.54 Å². The molecule has 0 aliphatic rings. The number of nitriles is 1. The summed E-state index contributed by atoms with van der Waals surface area (Å²) in [5.41, 5.74) is 0.912. The lowest BCUT2D eigenvalue weighted by atomic mass is 10.2. The summed E-state index contributed by atoms with van der Waals surface area (Å²) < 4.78 is 12.9. The molecule has 0 aromatic heterocycles. The zero-order chi connectivity index (χ0) is 12.1. The van der Waals surface area contributed by atoms with Crippen molar-refractivity contribution >= 4 is 11.6 Å². The van der Waals surface area contributed by atoms with Crippen molar-refractivity contribution in [2.24, 2.45) is 0 Å². The van der Waals surface area contributed by atoms with E-state index in [1.54, 1.807) is 12.1 Å². The highest BCUT2D eigenvalue weighted by atomic mass is 35.5. The van der Waals surface area contributed by atoms with E-state index in [1.165, 1.54) is 6.07 Å². The first-order valence-electron chi connectivity index (χ1n) is 5.09. The SMILES string of the molecule is CC(C)N(CC#N)Cc1ccc(F)c(Cl)c1. The number of rotatable bonds is 4. The van der Waals surface area contributed by atoms with Gasteiger partial charge in [0.1, 0.15) is 5.82 Å². The van der Waals surface area contributed by atoms with Crippen LogP contribution in [-0.4, -0.2) is 17.5 Å². The first-order chi connectivity index (χ1) is 7.54. The van der Waals surface area contributed by atoms with Gasteiger partial charge in [0.25, 0.3) is 0 Å². The fourth-order valence-corrected chi connectivity index (χ4v) is 1.59. The normalized spacial score (nSPS) is 10.8. The minimum atomic E-state index is -0.415. The van der Waals surface area contributed by atoms with Crippen LogP contribution in [0.4, 0.5) is 4.39 Å². The molecule has 0 heterocycles. The molecule has 0 aliphatic carbocycles. The third kappa shape index (κ3) is 3.48. The lowest BCUT2D eigenvalue weighted by Gasteiger charge is -2.23. The lowest BCUT2D eigenvalue weighted by Crippen LogP contribution is -2.30. The molecule has 0 amide bonds. The van der Waals surface area contributed by atoms with Crippen LogP contribution in [-0.2, 0) is 6.54 Å². The van der Waals surface area contributed by atoms with Crippen molar-refractivity contribution in [3.05, 3.63) is 34.6 Å². The maximum absolute atomic E-state index is 12.9. The number of halogens is 2. The minimum Gasteiger partial charge on any atom is -0.284 e. The lowest BCUT2D eigenvalue weighted by molar-refractivity contribution is 0.240. The summed E-state index contributed by atoms with van der Waals surface area (Å²) >= 11 is 5.70. The topological polar surface area (TPSA) is 27.0 Å². The minimum absolute atomic E-state index is 0.123. The van der Waals surface area contributed by atoms with Gasteiger partial charge in [0.05, 0.1) is 17.6 Å². The zero-order valence-corrected chi connectivity index (χ0v) is 10.1. The standard InChI is InChI=1S/C12H14ClFN2/c1-9(2)16(6-5-15)8-10-3-4-12(14)11(13)7-10/h3-4,7,9H,6,8H2,1-2H3. The van der Waals surface area contributed by atoms with Crippen LogP contribution in [0.3, 0.4) is 0 Å². The summed E-state index contributed by atoms with van der Waals surface area (Å²) in [5, 5.41) is 8.81. The van der Waals surface area contributed by atoms with Gasteiger partial charge in [0, 0.05) is 12.6 Å². The van der Waals surface area contributed by atoms with Crippen molar-refractivity contribution in [3.8, 4) is 6.07 Å². The smallest absolute Gasteiger partial charge is 0.141 e. The highest BCUT2D eigenvalue weighted by Crippen LogP contribution is 2.17. The van der Waals surface area contributed by atoms with Gasteiger partial charge >= 0.3 is 0 Å². The molecule has 1 aromatic carbocycles. The van der Waals surface area contributed by atoms with Gasteiger partial charge in [-0.1, -0.05) is 17.7 Å². The Morgan fingerprint density at radius 2 is 2.19 bits per heavy atom. The molecule has 0 spiro atoms. The van der Waals surface area contributed by atoms with E-state index in [9.17, 15) is 4.39 Å². The molecule has 0 radical (unpaired) electrons. The highest BCUT2D eigenvalue weighted by Gasteiger charge is 2.10. The van der Waals surface area contributed by atoms with Crippen LogP contribution in [0.25, 0.3) is 0 Å². The van der Waals surface area contributed by atoms with Crippen molar-refractivity contribution in [1.29, 1.82) is 5.26 Å². The molecule has 16 heavy (non-hydrogen) atoms. The molecule has 0 N–H and O–H groups in total. The van der Waals surface area contributed by atoms with Gasteiger partial charge in [-0.3, -0.25) is 4.90 Å². The Bertz CT molecular complexity index is 398. The number of hydrogen-bond acceptors (Lipinski definition) is 2. The van der Waals surface area contributed by atoms with E-state index in [-0.39, 0.29) is 11.1 Å². The first kappa shape index (κ1) is 13.0. The van der Waals surface area contributed by atoms with Gasteiger partial charge in [0.2, 0.25) is 0 Å². The molecule has 0 saturated carbocycles. The molecule has 1 aromatic rings. The summed E-state index contributed by atoms with van der Waals surface area (Å²) in [6, 6.07) is 7.02. The number of benzene rings is 1. The Hall–Kier alpha value is -1.11. The van der Waals surface area contributed by atoms with Crippen LogP contribution >= 0.6 is 11.6 Å². The van der Waals surface area contributed by atoms with E-state index in [2.05, 4.69) is 6.07 Å². The van der Waals surface area contributed by atoms with Crippen molar-refractivity contribution < 1.29 is 4.39 Å². The summed E-state index contributed by atoms with van der Waals surface area (Å²) in [4.78, 5) is 1.99. The summed E-state index contributed by atoms with van der Waals surface area (Å²) in [6.45, 7) is 4.99. The van der Waals surface area contributed by atoms with Crippen molar-refractivity contribution in [1.82, 2.24) is 4.90 Å². The Kier molecular flexibility index (Phi) is 4.72. The van der Waals surface area contributed by atoms with E-state index in [0.29, 0.717) is 13.1 Å². The second kappa shape index (κ2) is 5.83. The largest absolute Gasteiger partial charge is 0.284 e. The van der Waals surface area contributed by atoms with Gasteiger partial charge in [0.15, 0.2) is 0 Å². The number of hydrogen-bond donors (Lipinski definition) is 0. The maximum atomic E-state index is 12.9. The Morgan fingerprint density at radius 3 is 2.69 bits per heavy atom. The van der Waals surface area contributed by atoms with Gasteiger partial charge in [-0.15, -0.1) is 0 Å². The molecule has 86 valence electrons. The average molecular weight is 241 g/mol. The Labute approximate surface area is 100 Å². The third-order valence-corrected chi connectivity index (χ3v) is 2.66. The molecule has 0 fully saturated rings. The Balaban J connectivity index is 2.78. The van der Waals surface area contributed by atoms with E-state index in [4.69, 9.17) is 16.9 Å². The molecule has 1 rings (SSSR count). The van der Waals surface area contributed by atoms with Crippen LogP contribution in [0.5, 0.6) is 0 Å². The summed E-state index contributed by atoms with van der Waals surface area (Å²) in [6.07, 6.45) is 0. The molecule has 0 saturated heterocycles. The average Bonchev–Trinajstić information content (AvgIpc) is 2.22. The molecule has 0 unspecified atom stereocenters. The zero-order valence-electron chi connectivity index (χ0n) is 9.37. The van der Waals surface area contributed by atoms with Crippen LogP contribution in [0.15, 0.2) is 18.2 Å². The van der Waals surface area contributed by atoms with Crippen molar-refractivity contribution in [3.63, 3.8) is 0 Å². The van der Waals surface area contributed by atoms with E-state index >= 15 is 0 Å². The van der Waals surface area contributed by atoms with E-state index in [1.807, 2.05) is 18.7 Å². The van der Waals surface area contributed by atoms with Crippen LogP contribution in [0.1, 0.15) is 19.4 Å². The third-order valence-electron chi connectivity index (χ3n) is 2.37. The first-order valence-corrected chi connectivity index (χ1v) is 5.47. The quantitative estimate of drug-likeness (QED) is 0.756. The highest BCUT2D eigenvalue weighted by molar-refractivity contribution is 6.30. The molecule has 0 aliphatic heterocycles. The van der Waals surface area contributed by atoms with Gasteiger partial charge < -0.3 is 0 Å². The maximum Gasteiger partial charge on any atom is 0.141 e. The summed E-state index contributed by atoms with van der Waals surface area (Å²) in [5.74, 6) is -0.415. The molecular formula is C12H14ClFN2. The predicted octanol–water partition coefficient (Wildman–Crippen LogP) is 3.21. The molecule has 0 atom stereocenters. The summed E-state index contributed by atoms with van der Waals surface area (Å²) in [7, 11) is 0. The van der Waals surface area contributed by atoms with Gasteiger partial charge in [-0.25, -0.2) is 4.39 Å². The molecule has 2 nitrogen and oxygen atoms in total. The fourth-order valence-electron chi connectivity index (χ4n) is 1.38. The number of nitrogens with zero attached hydrogens (tertiary/aromatic N) is 2. The predicted molar refractivity (Wildman–Crippen MR) is 62.6 cm³/mol. The monoisotopic (exact) mass is 240 g/mol. The van der Waals surface area contributed by atoms with Crippen LogP contribution in [0, 0.1) is 17.1 Å². The van der Waals surface area contributed by atoms with Crippen LogP contribution in [0.2, 0.25) is 5.02 Å². The second-order valence-electron chi connectivity index (χ2n) is 3.91. The van der Waals surface area contributed by atoms with Crippen molar-refractivity contribution in [2.45, 2.75) is 26.4 Å². The molecular weight excluding hydrogens is 227 g/mol. The van der Waals surface area contributed by atoms with E-state index in [0.717, 1.165) is 5.56 Å². The second-order valence-corrected chi connectivity index (χ2v) is 4.31. The fraction of sp³-hybridized carbons (Fsp3) is 0.417. The van der Waals surface area contributed by atoms with E-state index < -0.39 is 5.82 Å². The van der Waals surface area contributed by atoms with Crippen LogP contribution < -0.4 is 0 Å². The van der Waals surface area contributed by atoms with Gasteiger partial charge in [-0.2, -0.15) is 5.26 Å². The molecule has 4 heteroatoms.